The number of halogens is 1. The third-order valence-electron chi connectivity index (χ3n) is 19.2. The van der Waals surface area contributed by atoms with Crippen molar-refractivity contribution in [2.24, 2.45) is 56.7 Å². The number of nitrogens with one attached hydrogen (secondary N) is 1. The van der Waals surface area contributed by atoms with Gasteiger partial charge in [-0.1, -0.05) is 89.3 Å². The van der Waals surface area contributed by atoms with Crippen LogP contribution in [0.2, 0.25) is 0 Å². The van der Waals surface area contributed by atoms with E-state index in [1.165, 1.54) is 74.3 Å². The first-order chi connectivity index (χ1) is 28.3. The van der Waals surface area contributed by atoms with Crippen molar-refractivity contribution in [1.82, 2.24) is 14.5 Å². The van der Waals surface area contributed by atoms with E-state index in [0.717, 1.165) is 38.2 Å². The fourth-order valence-electron chi connectivity index (χ4n) is 15.7. The first-order valence-electron chi connectivity index (χ1n) is 23.6. The first kappa shape index (κ1) is 44.3. The number of carbonyl (C=O) groups is 1. The number of carbonyl (C=O) groups excluding carboxylic acids is 1. The Labute approximate surface area is 362 Å². The topological polar surface area (TPSA) is 79.0 Å². The Morgan fingerprint density at radius 2 is 1.62 bits per heavy atom. The predicted octanol–water partition coefficient (Wildman–Crippen LogP) is 9.91. The molecule has 10 unspecified atom stereocenters. The van der Waals surface area contributed by atoms with Crippen LogP contribution in [-0.4, -0.2) is 81.3 Å². The molecule has 5 fully saturated rings. The van der Waals surface area contributed by atoms with Gasteiger partial charge in [0.25, 0.3) is 0 Å². The van der Waals surface area contributed by atoms with Crippen LogP contribution in [0.5, 0.6) is 0 Å². The van der Waals surface area contributed by atoms with Crippen molar-refractivity contribution in [3.05, 3.63) is 71.3 Å². The van der Waals surface area contributed by atoms with Gasteiger partial charge in [0.05, 0.1) is 11.7 Å². The van der Waals surface area contributed by atoms with E-state index in [2.05, 4.69) is 70.5 Å². The Morgan fingerprint density at radius 3 is 2.27 bits per heavy atom. The molecule has 1 heterocycles. The number of benzene rings is 1. The summed E-state index contributed by atoms with van der Waals surface area (Å²) in [5, 5.41) is 4.26. The van der Waals surface area contributed by atoms with Crippen LogP contribution < -0.4 is 5.32 Å². The molecule has 8 rings (SSSR count). The second-order valence-electron chi connectivity index (χ2n) is 22.2. The minimum absolute atomic E-state index is 0.0129. The normalized spacial score (nSPS) is 40.6. The molecule has 0 aromatic heterocycles. The number of fused-ring (bicyclic) bond motifs is 7. The number of hydrogen-bond acceptors (Lipinski definition) is 6. The van der Waals surface area contributed by atoms with Crippen molar-refractivity contribution < 1.29 is 22.3 Å². The molecule has 0 spiro atoms. The molecule has 0 radical (unpaired) electrons. The van der Waals surface area contributed by atoms with Gasteiger partial charge in [-0.25, -0.2) is 12.8 Å². The first-order valence-corrected chi connectivity index (χ1v) is 25.4. The lowest BCUT2D eigenvalue weighted by atomic mass is 9.33. The van der Waals surface area contributed by atoms with Crippen LogP contribution >= 0.6 is 0 Å². The molecule has 7 nitrogen and oxygen atoms in total. The van der Waals surface area contributed by atoms with E-state index < -0.39 is 28.1 Å². The highest BCUT2D eigenvalue weighted by molar-refractivity contribution is 7.88. The quantitative estimate of drug-likeness (QED) is 0.177. The molecule has 0 bridgehead atoms. The van der Waals surface area contributed by atoms with Crippen molar-refractivity contribution in [3.8, 4) is 0 Å². The van der Waals surface area contributed by atoms with Crippen molar-refractivity contribution >= 4 is 16.0 Å². The molecule has 1 aromatic rings. The van der Waals surface area contributed by atoms with Crippen LogP contribution in [0.4, 0.5) is 4.39 Å². The molecule has 0 amide bonds. The summed E-state index contributed by atoms with van der Waals surface area (Å²) in [6.45, 7) is 24.2. The van der Waals surface area contributed by atoms with Gasteiger partial charge in [-0.15, -0.1) is 0 Å². The molecule has 4 saturated carbocycles. The summed E-state index contributed by atoms with van der Waals surface area (Å²) in [5.41, 5.74) is 4.79. The van der Waals surface area contributed by atoms with Crippen molar-refractivity contribution in [1.29, 1.82) is 0 Å². The molecule has 7 aliphatic rings. The maximum absolute atomic E-state index is 14.8. The second kappa shape index (κ2) is 16.0. The van der Waals surface area contributed by atoms with Gasteiger partial charge in [-0.05, 0) is 152 Å². The van der Waals surface area contributed by atoms with Crippen LogP contribution in [0.1, 0.15) is 124 Å². The number of allylic oxidation sites excluding steroid dienone is 5. The molecule has 1 aromatic carbocycles. The Morgan fingerprint density at radius 1 is 0.883 bits per heavy atom. The summed E-state index contributed by atoms with van der Waals surface area (Å²) >= 11 is 0. The Kier molecular flexibility index (Phi) is 11.8. The van der Waals surface area contributed by atoms with Gasteiger partial charge in [0, 0.05) is 44.8 Å². The van der Waals surface area contributed by atoms with E-state index in [1.54, 1.807) is 4.31 Å². The predicted molar refractivity (Wildman–Crippen MR) is 240 cm³/mol. The molecule has 10 atom stereocenters. The zero-order valence-corrected chi connectivity index (χ0v) is 38.9. The lowest BCUT2D eigenvalue weighted by Crippen LogP contribution is -2.68. The summed E-state index contributed by atoms with van der Waals surface area (Å²) in [6.07, 6.45) is 18.8. The number of rotatable bonds is 11. The highest BCUT2D eigenvalue weighted by Gasteiger charge is 2.70. The van der Waals surface area contributed by atoms with Crippen LogP contribution in [0.25, 0.3) is 0 Å². The SMILES string of the molecule is C=C(C)C1CCC2(NCCN3CCN(S(C)(=O)=O)CC3)CCC3(C)C(CCC4C5(C)CC=C(C6=CCC(CF)(C(=O)OCc7ccccc7)CC6)C(C)(C)C5CCC43C)C12. The molecule has 1 saturated heterocycles. The summed E-state index contributed by atoms with van der Waals surface area (Å²) in [4.78, 5) is 15.8. The molecule has 60 heavy (non-hydrogen) atoms. The highest BCUT2D eigenvalue weighted by Crippen LogP contribution is 2.76. The number of ether oxygens (including phenoxy) is 1. The summed E-state index contributed by atoms with van der Waals surface area (Å²) in [6, 6.07) is 9.67. The minimum atomic E-state index is -3.13. The van der Waals surface area contributed by atoms with Crippen LogP contribution in [-0.2, 0) is 26.2 Å². The molecular weight excluding hydrogens is 770 g/mol. The van der Waals surface area contributed by atoms with Crippen LogP contribution in [0, 0.1) is 56.7 Å². The summed E-state index contributed by atoms with van der Waals surface area (Å²) in [5.74, 6) is 2.61. The summed E-state index contributed by atoms with van der Waals surface area (Å²) < 4.78 is 46.4. The largest absolute Gasteiger partial charge is 0.460 e. The molecule has 9 heteroatoms. The van der Waals surface area contributed by atoms with E-state index in [0.29, 0.717) is 61.9 Å². The Hall–Kier alpha value is -2.33. The van der Waals surface area contributed by atoms with Gasteiger partial charge < -0.3 is 10.1 Å². The molecule has 332 valence electrons. The van der Waals surface area contributed by atoms with Gasteiger partial charge in [0.2, 0.25) is 10.0 Å². The molecule has 6 aliphatic carbocycles. The average molecular weight is 846 g/mol. The number of nitrogens with zero attached hydrogens (tertiary/aromatic N) is 2. The van der Waals surface area contributed by atoms with Crippen LogP contribution in [0.15, 0.2) is 65.8 Å². The van der Waals surface area contributed by atoms with Crippen molar-refractivity contribution in [2.45, 2.75) is 131 Å². The number of esters is 1. The number of alkyl halides is 1. The van der Waals surface area contributed by atoms with Gasteiger partial charge >= 0.3 is 5.97 Å². The fraction of sp³-hybridized carbons (Fsp3) is 0.745. The molecule has 1 N–H and O–H groups in total. The molecule has 1 aliphatic heterocycles. The fourth-order valence-corrected chi connectivity index (χ4v) is 16.6. The van der Waals surface area contributed by atoms with E-state index in [1.807, 2.05) is 30.3 Å². The summed E-state index contributed by atoms with van der Waals surface area (Å²) in [7, 11) is -3.13. The van der Waals surface area contributed by atoms with E-state index >= 15 is 0 Å². The smallest absolute Gasteiger partial charge is 0.315 e. The van der Waals surface area contributed by atoms with Gasteiger partial charge in [-0.2, -0.15) is 4.31 Å². The van der Waals surface area contributed by atoms with Gasteiger partial charge in [-0.3, -0.25) is 9.69 Å². The maximum Gasteiger partial charge on any atom is 0.315 e. The number of piperazine rings is 1. The van der Waals surface area contributed by atoms with Crippen molar-refractivity contribution in [3.63, 3.8) is 0 Å². The zero-order valence-electron chi connectivity index (χ0n) is 38.1. The lowest BCUT2D eigenvalue weighted by Gasteiger charge is -2.72. The third kappa shape index (κ3) is 7.23. The van der Waals surface area contributed by atoms with E-state index in [-0.39, 0.29) is 33.8 Å². The zero-order chi connectivity index (χ0) is 42.9. The minimum Gasteiger partial charge on any atom is -0.460 e. The maximum atomic E-state index is 14.8. The monoisotopic (exact) mass is 846 g/mol. The standard InChI is InChI=1S/C51H76FN3O4S/c1-36(2)39-18-25-51(53-28-29-54-30-32-55(33-31-54)60(8,57)58)27-26-48(6)41(44(39)51)14-15-43-47(5)21-19-40(46(3,4)42(47)20-22-49(43,48)7)38-16-23-50(35-52,24-17-38)45(56)59-34-37-12-10-9-11-13-37/h9-13,16,19,39,41-44,53H,1,14-15,17-18,20-35H2,2-8H3. The number of sulfonamides is 1. The lowest BCUT2D eigenvalue weighted by molar-refractivity contribution is -0.221. The Balaban J connectivity index is 0.981. The molecular formula is C51H76FN3O4S. The van der Waals surface area contributed by atoms with E-state index in [4.69, 9.17) is 4.74 Å². The Bertz CT molecular complexity index is 1970. The van der Waals surface area contributed by atoms with Crippen molar-refractivity contribution in [2.75, 3.05) is 52.2 Å². The second-order valence-corrected chi connectivity index (χ2v) is 24.2. The average Bonchev–Trinajstić information content (AvgIpc) is 3.60. The van der Waals surface area contributed by atoms with E-state index in [9.17, 15) is 17.6 Å². The third-order valence-corrected chi connectivity index (χ3v) is 20.5. The van der Waals surface area contributed by atoms with Gasteiger partial charge in [0.15, 0.2) is 0 Å². The van der Waals surface area contributed by atoms with Gasteiger partial charge in [0.1, 0.15) is 13.3 Å². The number of hydrogen-bond donors (Lipinski definition) is 1. The highest BCUT2D eigenvalue weighted by atomic mass is 32.2. The van der Waals surface area contributed by atoms with Crippen LogP contribution in [0.3, 0.4) is 0 Å².